The molecule has 1 saturated heterocycles. The molecule has 2 aromatic rings. The number of nitrogens with one attached hydrogen (secondary N) is 1. The third kappa shape index (κ3) is 5.49. The highest BCUT2D eigenvalue weighted by molar-refractivity contribution is 7.89. The second kappa shape index (κ2) is 8.47. The molecule has 0 radical (unpaired) electrons. The smallest absolute Gasteiger partial charge is 0.252 e. The summed E-state index contributed by atoms with van der Waals surface area (Å²) in [4.78, 5) is 16.4. The fraction of sp³-hybridized carbons (Fsp3) is 0.333. The lowest BCUT2D eigenvalue weighted by molar-refractivity contribution is 0.0953. The summed E-state index contributed by atoms with van der Waals surface area (Å²) >= 11 is 0. The van der Waals surface area contributed by atoms with E-state index in [1.54, 1.807) is 24.3 Å². The number of aromatic nitrogens is 1. The van der Waals surface area contributed by atoms with E-state index in [2.05, 4.69) is 10.3 Å². The van der Waals surface area contributed by atoms with Crippen LogP contribution in [0.4, 0.5) is 0 Å². The van der Waals surface area contributed by atoms with E-state index in [1.807, 2.05) is 0 Å². The van der Waals surface area contributed by atoms with E-state index < -0.39 is 10.0 Å². The maximum Gasteiger partial charge on any atom is 0.252 e. The van der Waals surface area contributed by atoms with Crippen molar-refractivity contribution < 1.29 is 22.7 Å². The lowest BCUT2D eigenvalue weighted by Gasteiger charge is -2.11. The number of primary sulfonamides is 1. The topological polar surface area (TPSA) is 121 Å². The number of carbonyl (C=O) groups is 1. The molecule has 1 fully saturated rings. The van der Waals surface area contributed by atoms with Crippen molar-refractivity contribution in [1.29, 1.82) is 0 Å². The highest BCUT2D eigenvalue weighted by atomic mass is 32.2. The van der Waals surface area contributed by atoms with Crippen molar-refractivity contribution in [3.05, 3.63) is 53.7 Å². The minimum Gasteiger partial charge on any atom is -0.472 e. The molecule has 1 aliphatic heterocycles. The number of nitrogens with two attached hydrogens (primary N) is 1. The van der Waals surface area contributed by atoms with Crippen molar-refractivity contribution in [3.8, 4) is 5.88 Å². The Morgan fingerprint density at radius 1 is 1.26 bits per heavy atom. The summed E-state index contributed by atoms with van der Waals surface area (Å²) < 4.78 is 33.4. The number of hydrogen-bond acceptors (Lipinski definition) is 6. The van der Waals surface area contributed by atoms with Gasteiger partial charge in [0.15, 0.2) is 0 Å². The fourth-order valence-corrected chi connectivity index (χ4v) is 3.14. The minimum atomic E-state index is -3.69. The van der Waals surface area contributed by atoms with Gasteiger partial charge in [0.1, 0.15) is 6.10 Å². The molecule has 0 unspecified atom stereocenters. The average Bonchev–Trinajstić information content (AvgIpc) is 3.15. The molecular weight excluding hydrogens is 370 g/mol. The molecule has 0 saturated carbocycles. The summed E-state index contributed by atoms with van der Waals surface area (Å²) in [6.45, 7) is 1.66. The first-order chi connectivity index (χ1) is 12.9. The largest absolute Gasteiger partial charge is 0.472 e. The van der Waals surface area contributed by atoms with Gasteiger partial charge >= 0.3 is 0 Å². The van der Waals surface area contributed by atoms with Crippen molar-refractivity contribution in [2.75, 3.05) is 19.8 Å². The molecule has 144 valence electrons. The molecule has 1 atom stereocenters. The molecule has 0 aliphatic carbocycles. The molecule has 27 heavy (non-hydrogen) atoms. The normalized spacial score (nSPS) is 16.9. The second-order valence-corrected chi connectivity index (χ2v) is 7.74. The Kier molecular flexibility index (Phi) is 6.04. The van der Waals surface area contributed by atoms with Gasteiger partial charge in [-0.05, 0) is 30.2 Å². The van der Waals surface area contributed by atoms with Crippen LogP contribution in [0.3, 0.4) is 0 Å². The summed E-state index contributed by atoms with van der Waals surface area (Å²) in [6, 6.07) is 9.57. The molecule has 0 bridgehead atoms. The first kappa shape index (κ1) is 19.3. The van der Waals surface area contributed by atoms with Crippen LogP contribution in [0.2, 0.25) is 0 Å². The van der Waals surface area contributed by atoms with Crippen LogP contribution in [0, 0.1) is 0 Å². The van der Waals surface area contributed by atoms with Crippen LogP contribution in [-0.4, -0.2) is 45.2 Å². The van der Waals surface area contributed by atoms with Gasteiger partial charge < -0.3 is 14.8 Å². The van der Waals surface area contributed by atoms with Crippen LogP contribution in [0.1, 0.15) is 22.3 Å². The number of nitrogens with zero attached hydrogens (tertiary/aromatic N) is 1. The van der Waals surface area contributed by atoms with Gasteiger partial charge in [0.2, 0.25) is 15.9 Å². The zero-order valence-electron chi connectivity index (χ0n) is 14.6. The lowest BCUT2D eigenvalue weighted by atomic mass is 10.1. The van der Waals surface area contributed by atoms with Crippen LogP contribution in [0.25, 0.3) is 0 Å². The van der Waals surface area contributed by atoms with Crippen molar-refractivity contribution in [2.24, 2.45) is 5.14 Å². The van der Waals surface area contributed by atoms with Gasteiger partial charge in [-0.15, -0.1) is 0 Å². The predicted molar refractivity (Wildman–Crippen MR) is 97.9 cm³/mol. The Morgan fingerprint density at radius 2 is 2.04 bits per heavy atom. The minimum absolute atomic E-state index is 0.0119. The van der Waals surface area contributed by atoms with E-state index in [9.17, 15) is 13.2 Å². The summed E-state index contributed by atoms with van der Waals surface area (Å²) in [5.74, 6) is 0.233. The predicted octanol–water partition coefficient (Wildman–Crippen LogP) is 0.869. The Labute approximate surface area is 157 Å². The van der Waals surface area contributed by atoms with Crippen molar-refractivity contribution in [3.63, 3.8) is 0 Å². The van der Waals surface area contributed by atoms with E-state index in [4.69, 9.17) is 14.6 Å². The van der Waals surface area contributed by atoms with E-state index in [0.29, 0.717) is 37.6 Å². The van der Waals surface area contributed by atoms with Crippen LogP contribution < -0.4 is 15.2 Å². The summed E-state index contributed by atoms with van der Waals surface area (Å²) in [5.41, 5.74) is 1.33. The number of benzene rings is 1. The number of hydrogen-bond donors (Lipinski definition) is 2. The zero-order chi connectivity index (χ0) is 19.3. The maximum absolute atomic E-state index is 12.2. The Hall–Kier alpha value is -2.49. The molecular formula is C18H21N3O5S. The third-order valence-electron chi connectivity index (χ3n) is 4.12. The standard InChI is InChI=1S/C18H21N3O5S/c19-27(23,24)16-4-1-13(2-5-16)7-9-20-18(22)14-3-6-17(21-11-14)26-15-8-10-25-12-15/h1-6,11,15H,7-10,12H2,(H,20,22)(H2,19,23,24)/t15-/m0/s1. The third-order valence-corrected chi connectivity index (χ3v) is 5.05. The van der Waals surface area contributed by atoms with E-state index >= 15 is 0 Å². The number of pyridine rings is 1. The van der Waals surface area contributed by atoms with Crippen LogP contribution in [0.15, 0.2) is 47.5 Å². The van der Waals surface area contributed by atoms with Crippen LogP contribution in [-0.2, 0) is 21.2 Å². The second-order valence-electron chi connectivity index (χ2n) is 6.18. The monoisotopic (exact) mass is 391 g/mol. The molecule has 1 aliphatic rings. The molecule has 8 nitrogen and oxygen atoms in total. The van der Waals surface area contributed by atoms with Gasteiger partial charge in [0.25, 0.3) is 5.91 Å². The Balaban J connectivity index is 1.47. The number of carbonyl (C=O) groups excluding carboxylic acids is 1. The quantitative estimate of drug-likeness (QED) is 0.722. The molecule has 2 heterocycles. The highest BCUT2D eigenvalue weighted by Gasteiger charge is 2.17. The molecule has 3 N–H and O–H groups in total. The van der Waals surface area contributed by atoms with Gasteiger partial charge in [-0.1, -0.05) is 12.1 Å². The first-order valence-corrected chi connectivity index (χ1v) is 10.1. The summed E-state index contributed by atoms with van der Waals surface area (Å²) in [7, 11) is -3.69. The van der Waals surface area contributed by atoms with E-state index in [-0.39, 0.29) is 16.9 Å². The number of rotatable bonds is 7. The molecule has 9 heteroatoms. The van der Waals surface area contributed by atoms with Gasteiger partial charge in [-0.3, -0.25) is 4.79 Å². The molecule has 1 aromatic heterocycles. The number of amides is 1. The van der Waals surface area contributed by atoms with Gasteiger partial charge in [-0.25, -0.2) is 18.5 Å². The van der Waals surface area contributed by atoms with Crippen molar-refractivity contribution in [1.82, 2.24) is 10.3 Å². The van der Waals surface area contributed by atoms with Gasteiger partial charge in [-0.2, -0.15) is 0 Å². The van der Waals surface area contributed by atoms with Crippen LogP contribution in [0.5, 0.6) is 5.88 Å². The highest BCUT2D eigenvalue weighted by Crippen LogP contribution is 2.14. The summed E-state index contributed by atoms with van der Waals surface area (Å²) in [5, 5.41) is 7.86. The van der Waals surface area contributed by atoms with E-state index in [0.717, 1.165) is 12.0 Å². The van der Waals surface area contributed by atoms with Gasteiger partial charge in [0, 0.05) is 25.2 Å². The van der Waals surface area contributed by atoms with Crippen LogP contribution >= 0.6 is 0 Å². The first-order valence-electron chi connectivity index (χ1n) is 8.52. The average molecular weight is 391 g/mol. The molecule has 1 amide bonds. The van der Waals surface area contributed by atoms with E-state index in [1.165, 1.54) is 18.3 Å². The van der Waals surface area contributed by atoms with Crippen molar-refractivity contribution >= 4 is 15.9 Å². The summed E-state index contributed by atoms with van der Waals surface area (Å²) in [6.07, 6.45) is 2.88. The maximum atomic E-state index is 12.2. The fourth-order valence-electron chi connectivity index (χ4n) is 2.63. The Morgan fingerprint density at radius 3 is 2.63 bits per heavy atom. The van der Waals surface area contributed by atoms with Crippen molar-refractivity contribution in [2.45, 2.75) is 23.8 Å². The van der Waals surface area contributed by atoms with Gasteiger partial charge in [0.05, 0.1) is 23.7 Å². The molecule has 3 rings (SSSR count). The SMILES string of the molecule is NS(=O)(=O)c1ccc(CCNC(=O)c2ccc(O[C@H]3CCOC3)nc2)cc1. The Bertz CT molecular complexity index is 876. The number of sulfonamides is 1. The number of ether oxygens (including phenoxy) is 2. The molecule has 0 spiro atoms. The zero-order valence-corrected chi connectivity index (χ0v) is 15.4. The lowest BCUT2D eigenvalue weighted by Crippen LogP contribution is -2.26. The molecule has 1 aromatic carbocycles.